The highest BCUT2D eigenvalue weighted by atomic mass is 35.5. The molecule has 1 fully saturated rings. The molecule has 0 spiro atoms. The van der Waals surface area contributed by atoms with E-state index in [1.165, 1.54) is 6.42 Å². The van der Waals surface area contributed by atoms with E-state index in [0.29, 0.717) is 0 Å². The number of nitrogens with zero attached hydrogens (tertiary/aromatic N) is 4. The Morgan fingerprint density at radius 1 is 1.45 bits per heavy atom. The first-order valence-corrected chi connectivity index (χ1v) is 7.50. The SMILES string of the molecule is COC1(Cn2c(C(C)Cl)nc3c(C)nn(C)c32)CCC1. The Morgan fingerprint density at radius 3 is 2.65 bits per heavy atom. The molecule has 1 saturated carbocycles. The second-order valence-electron chi connectivity index (χ2n) is 5.79. The molecule has 2 aromatic rings. The van der Waals surface area contributed by atoms with Crippen LogP contribution in [0.3, 0.4) is 0 Å². The summed E-state index contributed by atoms with van der Waals surface area (Å²) in [5, 5.41) is 4.33. The van der Waals surface area contributed by atoms with Crippen LogP contribution in [0.4, 0.5) is 0 Å². The summed E-state index contributed by atoms with van der Waals surface area (Å²) in [6.45, 7) is 4.74. The number of halogens is 1. The Morgan fingerprint density at radius 2 is 2.15 bits per heavy atom. The number of hydrogen-bond donors (Lipinski definition) is 0. The Balaban J connectivity index is 2.13. The zero-order valence-corrected chi connectivity index (χ0v) is 13.2. The van der Waals surface area contributed by atoms with E-state index < -0.39 is 0 Å². The van der Waals surface area contributed by atoms with E-state index in [1.807, 2.05) is 25.6 Å². The van der Waals surface area contributed by atoms with E-state index in [-0.39, 0.29) is 11.0 Å². The summed E-state index contributed by atoms with van der Waals surface area (Å²) >= 11 is 6.32. The Labute approximate surface area is 123 Å². The van der Waals surface area contributed by atoms with Crippen LogP contribution in [-0.4, -0.2) is 32.0 Å². The molecule has 20 heavy (non-hydrogen) atoms. The fraction of sp³-hybridized carbons (Fsp3) is 0.714. The molecule has 110 valence electrons. The Hall–Kier alpha value is -1.07. The number of alkyl halides is 1. The number of fused-ring (bicyclic) bond motifs is 1. The number of methoxy groups -OCH3 is 1. The molecule has 0 aromatic carbocycles. The molecule has 5 nitrogen and oxygen atoms in total. The minimum Gasteiger partial charge on any atom is -0.376 e. The Bertz CT molecular complexity index is 634. The minimum atomic E-state index is -0.129. The van der Waals surface area contributed by atoms with Crippen molar-refractivity contribution in [1.29, 1.82) is 0 Å². The number of aryl methyl sites for hydroxylation is 2. The molecular weight excluding hydrogens is 276 g/mol. The first kappa shape index (κ1) is 13.9. The van der Waals surface area contributed by atoms with Gasteiger partial charge in [0.05, 0.1) is 23.2 Å². The van der Waals surface area contributed by atoms with Crippen LogP contribution in [0.25, 0.3) is 11.2 Å². The van der Waals surface area contributed by atoms with Crippen molar-refractivity contribution in [3.8, 4) is 0 Å². The van der Waals surface area contributed by atoms with Gasteiger partial charge in [0.1, 0.15) is 11.3 Å². The molecular formula is C14H21ClN4O. The van der Waals surface area contributed by atoms with Gasteiger partial charge in [-0.2, -0.15) is 5.10 Å². The van der Waals surface area contributed by atoms with Crippen molar-refractivity contribution in [2.24, 2.45) is 7.05 Å². The summed E-state index contributed by atoms with van der Waals surface area (Å²) in [7, 11) is 3.75. The lowest BCUT2D eigenvalue weighted by Crippen LogP contribution is -2.43. The van der Waals surface area contributed by atoms with E-state index in [2.05, 4.69) is 9.67 Å². The molecule has 1 unspecified atom stereocenters. The van der Waals surface area contributed by atoms with Crippen LogP contribution in [0.5, 0.6) is 0 Å². The average Bonchev–Trinajstić information content (AvgIpc) is 2.84. The normalized spacial score (nSPS) is 19.2. The minimum absolute atomic E-state index is 0.0632. The zero-order chi connectivity index (χ0) is 14.5. The summed E-state index contributed by atoms with van der Waals surface area (Å²) < 4.78 is 9.84. The van der Waals surface area contributed by atoms with Crippen molar-refractivity contribution in [3.05, 3.63) is 11.5 Å². The van der Waals surface area contributed by atoms with Crippen LogP contribution in [0.1, 0.15) is 43.1 Å². The van der Waals surface area contributed by atoms with Crippen LogP contribution in [0, 0.1) is 6.92 Å². The molecule has 0 saturated heterocycles. The van der Waals surface area contributed by atoms with E-state index in [9.17, 15) is 0 Å². The molecule has 2 aromatic heterocycles. The predicted molar refractivity (Wildman–Crippen MR) is 79.1 cm³/mol. The fourth-order valence-electron chi connectivity index (χ4n) is 3.10. The lowest BCUT2D eigenvalue weighted by molar-refractivity contribution is -0.0834. The van der Waals surface area contributed by atoms with Gasteiger partial charge in [-0.1, -0.05) is 0 Å². The van der Waals surface area contributed by atoms with Crippen LogP contribution in [0.2, 0.25) is 0 Å². The van der Waals surface area contributed by atoms with Gasteiger partial charge >= 0.3 is 0 Å². The van der Waals surface area contributed by atoms with Gasteiger partial charge in [-0.3, -0.25) is 4.68 Å². The molecule has 3 rings (SSSR count). The molecule has 1 atom stereocenters. The van der Waals surface area contributed by atoms with E-state index in [0.717, 1.165) is 42.1 Å². The fourth-order valence-corrected chi connectivity index (χ4v) is 3.26. The summed E-state index contributed by atoms with van der Waals surface area (Å²) in [5.74, 6) is 0.904. The standard InChI is InChI=1S/C14H21ClN4O/c1-9(15)12-16-11-10(2)17-18(3)13(11)19(12)8-14(20-4)6-5-7-14/h9H,5-8H2,1-4H3. The summed E-state index contributed by atoms with van der Waals surface area (Å²) in [6, 6.07) is 0. The monoisotopic (exact) mass is 296 g/mol. The third-order valence-corrected chi connectivity index (χ3v) is 4.61. The second-order valence-corrected chi connectivity index (χ2v) is 6.45. The van der Waals surface area contributed by atoms with E-state index in [4.69, 9.17) is 21.3 Å². The van der Waals surface area contributed by atoms with Gasteiger partial charge in [-0.05, 0) is 33.1 Å². The molecule has 1 aliphatic rings. The number of aromatic nitrogens is 4. The maximum Gasteiger partial charge on any atom is 0.158 e. The molecule has 2 heterocycles. The third kappa shape index (κ3) is 1.95. The molecule has 6 heteroatoms. The third-order valence-electron chi connectivity index (χ3n) is 4.42. The van der Waals surface area contributed by atoms with Crippen molar-refractivity contribution >= 4 is 22.8 Å². The Kier molecular flexibility index (Phi) is 3.29. The second kappa shape index (κ2) is 4.74. The highest BCUT2D eigenvalue weighted by Gasteiger charge is 2.39. The van der Waals surface area contributed by atoms with Crippen molar-refractivity contribution in [3.63, 3.8) is 0 Å². The molecule has 0 N–H and O–H groups in total. The number of hydrogen-bond acceptors (Lipinski definition) is 3. The van der Waals surface area contributed by atoms with Crippen LogP contribution in [-0.2, 0) is 18.3 Å². The number of imidazole rings is 1. The van der Waals surface area contributed by atoms with Crippen LogP contribution < -0.4 is 0 Å². The largest absolute Gasteiger partial charge is 0.376 e. The smallest absolute Gasteiger partial charge is 0.158 e. The molecule has 1 aliphatic carbocycles. The lowest BCUT2D eigenvalue weighted by Gasteiger charge is -2.41. The van der Waals surface area contributed by atoms with Crippen molar-refractivity contribution in [2.75, 3.05) is 7.11 Å². The average molecular weight is 297 g/mol. The van der Waals surface area contributed by atoms with Crippen LogP contribution >= 0.6 is 11.6 Å². The van der Waals surface area contributed by atoms with Crippen molar-refractivity contribution in [1.82, 2.24) is 19.3 Å². The van der Waals surface area contributed by atoms with E-state index >= 15 is 0 Å². The lowest BCUT2D eigenvalue weighted by atomic mass is 9.80. The van der Waals surface area contributed by atoms with Gasteiger partial charge in [0, 0.05) is 14.2 Å². The predicted octanol–water partition coefficient (Wildman–Crippen LogP) is 2.95. The zero-order valence-electron chi connectivity index (χ0n) is 12.5. The van der Waals surface area contributed by atoms with Gasteiger partial charge in [-0.25, -0.2) is 4.98 Å². The van der Waals surface area contributed by atoms with Gasteiger partial charge in [-0.15, -0.1) is 11.6 Å². The topological polar surface area (TPSA) is 44.9 Å². The summed E-state index contributed by atoms with van der Waals surface area (Å²) in [4.78, 5) is 4.70. The quantitative estimate of drug-likeness (QED) is 0.815. The number of ether oxygens (including phenoxy) is 1. The van der Waals surface area contributed by atoms with Crippen molar-refractivity contribution < 1.29 is 4.74 Å². The summed E-state index contributed by atoms with van der Waals surface area (Å²) in [5.41, 5.74) is 2.86. The highest BCUT2D eigenvalue weighted by molar-refractivity contribution is 6.20. The molecule has 0 aliphatic heterocycles. The first-order valence-electron chi connectivity index (χ1n) is 7.06. The van der Waals surface area contributed by atoms with Gasteiger partial charge < -0.3 is 9.30 Å². The molecule has 0 amide bonds. The van der Waals surface area contributed by atoms with Gasteiger partial charge in [0.25, 0.3) is 0 Å². The molecule has 0 bridgehead atoms. The van der Waals surface area contributed by atoms with E-state index in [1.54, 1.807) is 7.11 Å². The summed E-state index contributed by atoms with van der Waals surface area (Å²) in [6.07, 6.45) is 3.41. The maximum absolute atomic E-state index is 6.32. The maximum atomic E-state index is 6.32. The highest BCUT2D eigenvalue weighted by Crippen LogP contribution is 2.38. The van der Waals surface area contributed by atoms with Crippen molar-refractivity contribution in [2.45, 2.75) is 50.6 Å². The number of rotatable bonds is 4. The van der Waals surface area contributed by atoms with Crippen LogP contribution in [0.15, 0.2) is 0 Å². The first-order chi connectivity index (χ1) is 9.47. The molecule has 0 radical (unpaired) electrons. The van der Waals surface area contributed by atoms with Gasteiger partial charge in [0.15, 0.2) is 5.65 Å². The van der Waals surface area contributed by atoms with Gasteiger partial charge in [0.2, 0.25) is 0 Å².